The number of carboxylic acid groups (broad SMARTS) is 1. The Morgan fingerprint density at radius 3 is 2.60 bits per heavy atom. The van der Waals surface area contributed by atoms with E-state index in [0.29, 0.717) is 23.4 Å². The molecule has 1 amide bonds. The number of carbonyl (C=O) groups excluding carboxylic acids is 1. The smallest absolute Gasteiger partial charge is 0.306 e. The van der Waals surface area contributed by atoms with Gasteiger partial charge >= 0.3 is 5.97 Å². The predicted molar refractivity (Wildman–Crippen MR) is 92.9 cm³/mol. The molecule has 1 aromatic carbocycles. The van der Waals surface area contributed by atoms with E-state index in [1.54, 1.807) is 6.07 Å². The summed E-state index contributed by atoms with van der Waals surface area (Å²) in [5.74, 6) is -1.54. The molecule has 1 aliphatic carbocycles. The van der Waals surface area contributed by atoms with Crippen LogP contribution in [0.3, 0.4) is 0 Å². The number of hydrogen-bond acceptors (Lipinski definition) is 3. The maximum absolute atomic E-state index is 12.3. The molecule has 3 rings (SSSR count). The Labute approximate surface area is 149 Å². The standard InChI is InChI=1S/C18H17ClN2O4/c19-15-4-2-1-3-11(15)9-21-10-12(5-6-16(21)22)17(23)20-14-7-13(8-14)18(24)25/h1-6,10,13-14H,7-9H2,(H,20,23)(H,24,25). The highest BCUT2D eigenvalue weighted by atomic mass is 35.5. The zero-order chi connectivity index (χ0) is 18.0. The molecule has 0 bridgehead atoms. The molecule has 2 N–H and O–H groups in total. The molecule has 0 spiro atoms. The van der Waals surface area contributed by atoms with Gasteiger partial charge in [0, 0.05) is 23.3 Å². The molecule has 1 fully saturated rings. The third-order valence-electron chi connectivity index (χ3n) is 4.37. The molecule has 1 saturated carbocycles. The number of amides is 1. The largest absolute Gasteiger partial charge is 0.481 e. The molecule has 7 heteroatoms. The lowest BCUT2D eigenvalue weighted by Crippen LogP contribution is -2.46. The van der Waals surface area contributed by atoms with Gasteiger partial charge in [0.25, 0.3) is 11.5 Å². The molecule has 1 heterocycles. The van der Waals surface area contributed by atoms with Gasteiger partial charge in [0.05, 0.1) is 18.0 Å². The number of aromatic nitrogens is 1. The van der Waals surface area contributed by atoms with Crippen molar-refractivity contribution in [3.8, 4) is 0 Å². The maximum Gasteiger partial charge on any atom is 0.306 e. The van der Waals surface area contributed by atoms with E-state index in [-0.39, 0.29) is 30.0 Å². The van der Waals surface area contributed by atoms with Gasteiger partial charge in [-0.2, -0.15) is 0 Å². The molecule has 25 heavy (non-hydrogen) atoms. The topological polar surface area (TPSA) is 88.4 Å². The lowest BCUT2D eigenvalue weighted by Gasteiger charge is -2.32. The Hall–Kier alpha value is -2.60. The highest BCUT2D eigenvalue weighted by molar-refractivity contribution is 6.31. The van der Waals surface area contributed by atoms with Crippen LogP contribution in [-0.2, 0) is 11.3 Å². The van der Waals surface area contributed by atoms with Crippen LogP contribution in [0, 0.1) is 5.92 Å². The van der Waals surface area contributed by atoms with Gasteiger partial charge < -0.3 is 15.0 Å². The summed E-state index contributed by atoms with van der Waals surface area (Å²) in [7, 11) is 0. The van der Waals surface area contributed by atoms with Crippen molar-refractivity contribution in [3.63, 3.8) is 0 Å². The molecule has 130 valence electrons. The number of pyridine rings is 1. The molecular formula is C18H17ClN2O4. The van der Waals surface area contributed by atoms with Crippen molar-refractivity contribution in [1.82, 2.24) is 9.88 Å². The van der Waals surface area contributed by atoms with Crippen LogP contribution < -0.4 is 10.9 Å². The molecule has 1 aliphatic rings. The number of aliphatic carboxylic acids is 1. The zero-order valence-corrected chi connectivity index (χ0v) is 14.1. The van der Waals surface area contributed by atoms with Crippen molar-refractivity contribution < 1.29 is 14.7 Å². The van der Waals surface area contributed by atoms with E-state index in [1.165, 1.54) is 22.9 Å². The molecule has 0 radical (unpaired) electrons. The second-order valence-electron chi connectivity index (χ2n) is 6.15. The fraction of sp³-hybridized carbons (Fsp3) is 0.278. The average Bonchev–Trinajstić information content (AvgIpc) is 2.54. The fourth-order valence-electron chi connectivity index (χ4n) is 2.81. The number of hydrogen-bond donors (Lipinski definition) is 2. The Morgan fingerprint density at radius 2 is 1.92 bits per heavy atom. The van der Waals surface area contributed by atoms with Crippen LogP contribution in [0.2, 0.25) is 5.02 Å². The van der Waals surface area contributed by atoms with Crippen LogP contribution in [0.4, 0.5) is 0 Å². The van der Waals surface area contributed by atoms with E-state index < -0.39 is 5.97 Å². The molecule has 6 nitrogen and oxygen atoms in total. The van der Waals surface area contributed by atoms with E-state index in [4.69, 9.17) is 16.7 Å². The van der Waals surface area contributed by atoms with Gasteiger partial charge in [0.2, 0.25) is 0 Å². The number of carbonyl (C=O) groups is 2. The maximum atomic E-state index is 12.3. The minimum Gasteiger partial charge on any atom is -0.481 e. The van der Waals surface area contributed by atoms with Crippen LogP contribution in [0.15, 0.2) is 47.4 Å². The first-order chi connectivity index (χ1) is 11.9. The highest BCUT2D eigenvalue weighted by Gasteiger charge is 2.35. The number of benzene rings is 1. The minimum absolute atomic E-state index is 0.141. The Morgan fingerprint density at radius 1 is 1.20 bits per heavy atom. The summed E-state index contributed by atoms with van der Waals surface area (Å²) < 4.78 is 1.43. The second-order valence-corrected chi connectivity index (χ2v) is 6.56. The fourth-order valence-corrected chi connectivity index (χ4v) is 3.00. The summed E-state index contributed by atoms with van der Waals surface area (Å²) in [6, 6.07) is 9.87. The second kappa shape index (κ2) is 7.11. The van der Waals surface area contributed by atoms with Crippen molar-refractivity contribution in [2.24, 2.45) is 5.92 Å². The summed E-state index contributed by atoms with van der Waals surface area (Å²) in [5, 5.41) is 12.2. The van der Waals surface area contributed by atoms with Crippen LogP contribution in [-0.4, -0.2) is 27.6 Å². The number of carboxylic acids is 1. The Kier molecular flexibility index (Phi) is 4.90. The summed E-state index contributed by atoms with van der Waals surface area (Å²) in [5.41, 5.74) is 0.906. The molecule has 0 aliphatic heterocycles. The summed E-state index contributed by atoms with van der Waals surface area (Å²) in [6.07, 6.45) is 2.36. The first-order valence-electron chi connectivity index (χ1n) is 7.91. The Balaban J connectivity index is 1.71. The number of nitrogens with zero attached hydrogens (tertiary/aromatic N) is 1. The first-order valence-corrected chi connectivity index (χ1v) is 8.29. The van der Waals surface area contributed by atoms with Crippen molar-refractivity contribution in [2.45, 2.75) is 25.4 Å². The van der Waals surface area contributed by atoms with E-state index in [0.717, 1.165) is 5.56 Å². The van der Waals surface area contributed by atoms with E-state index >= 15 is 0 Å². The summed E-state index contributed by atoms with van der Waals surface area (Å²) in [6.45, 7) is 0.268. The Bertz CT molecular complexity index is 871. The van der Waals surface area contributed by atoms with Crippen molar-refractivity contribution in [1.29, 1.82) is 0 Å². The van der Waals surface area contributed by atoms with Crippen molar-refractivity contribution in [3.05, 3.63) is 69.1 Å². The van der Waals surface area contributed by atoms with Crippen LogP contribution in [0.1, 0.15) is 28.8 Å². The molecule has 0 saturated heterocycles. The SMILES string of the molecule is O=C(NC1CC(C(=O)O)C1)c1ccc(=O)n(Cc2ccccc2Cl)c1. The van der Waals surface area contributed by atoms with Gasteiger partial charge in [0.15, 0.2) is 0 Å². The first kappa shape index (κ1) is 17.2. The predicted octanol–water partition coefficient (Wildman–Crippen LogP) is 2.14. The van der Waals surface area contributed by atoms with Crippen LogP contribution >= 0.6 is 11.6 Å². The van der Waals surface area contributed by atoms with E-state index in [2.05, 4.69) is 5.32 Å². The quantitative estimate of drug-likeness (QED) is 0.855. The van der Waals surface area contributed by atoms with Gasteiger partial charge in [-0.15, -0.1) is 0 Å². The van der Waals surface area contributed by atoms with Crippen molar-refractivity contribution in [2.75, 3.05) is 0 Å². The van der Waals surface area contributed by atoms with Gasteiger partial charge in [-0.25, -0.2) is 0 Å². The summed E-state index contributed by atoms with van der Waals surface area (Å²) >= 11 is 6.12. The molecule has 0 unspecified atom stereocenters. The zero-order valence-electron chi connectivity index (χ0n) is 13.3. The van der Waals surface area contributed by atoms with Gasteiger partial charge in [-0.1, -0.05) is 29.8 Å². The number of rotatable bonds is 5. The van der Waals surface area contributed by atoms with Crippen LogP contribution in [0.5, 0.6) is 0 Å². The van der Waals surface area contributed by atoms with Crippen LogP contribution in [0.25, 0.3) is 0 Å². The monoisotopic (exact) mass is 360 g/mol. The number of nitrogens with one attached hydrogen (secondary N) is 1. The van der Waals surface area contributed by atoms with E-state index in [9.17, 15) is 14.4 Å². The lowest BCUT2D eigenvalue weighted by atomic mass is 9.80. The van der Waals surface area contributed by atoms with Gasteiger partial charge in [0.1, 0.15) is 0 Å². The minimum atomic E-state index is -0.834. The van der Waals surface area contributed by atoms with E-state index in [1.807, 2.05) is 18.2 Å². The molecule has 1 aromatic heterocycles. The average molecular weight is 361 g/mol. The van der Waals surface area contributed by atoms with Gasteiger partial charge in [-0.3, -0.25) is 14.4 Å². The molecule has 0 atom stereocenters. The van der Waals surface area contributed by atoms with Crippen molar-refractivity contribution >= 4 is 23.5 Å². The normalized spacial score (nSPS) is 19.1. The third kappa shape index (κ3) is 3.91. The highest BCUT2D eigenvalue weighted by Crippen LogP contribution is 2.27. The third-order valence-corrected chi connectivity index (χ3v) is 4.74. The number of halogens is 1. The molecule has 2 aromatic rings. The lowest BCUT2D eigenvalue weighted by molar-refractivity contribution is -0.145. The summed E-state index contributed by atoms with van der Waals surface area (Å²) in [4.78, 5) is 35.2. The molecular weight excluding hydrogens is 344 g/mol. The van der Waals surface area contributed by atoms with Gasteiger partial charge in [-0.05, 0) is 30.5 Å².